The van der Waals surface area contributed by atoms with Gasteiger partial charge >= 0.3 is 0 Å². The predicted octanol–water partition coefficient (Wildman–Crippen LogP) is 3.17. The van der Waals surface area contributed by atoms with Crippen LogP contribution < -0.4 is 4.90 Å². The third-order valence-corrected chi connectivity index (χ3v) is 5.41. The van der Waals surface area contributed by atoms with Crippen LogP contribution >= 0.6 is 24.2 Å². The molecule has 2 nitrogen and oxygen atoms in total. The highest BCUT2D eigenvalue weighted by Gasteiger charge is 2.42. The zero-order valence-corrected chi connectivity index (χ0v) is 12.8. The third-order valence-electron chi connectivity index (χ3n) is 4.42. The van der Waals surface area contributed by atoms with Crippen molar-refractivity contribution in [3.63, 3.8) is 0 Å². The minimum atomic E-state index is 0.537. The first-order valence-corrected chi connectivity index (χ1v) is 8.06. The molecule has 1 aliphatic carbocycles. The van der Waals surface area contributed by atoms with E-state index in [2.05, 4.69) is 34.6 Å². The number of halogens is 1. The molecule has 0 amide bonds. The fourth-order valence-corrected chi connectivity index (χ4v) is 3.54. The summed E-state index contributed by atoms with van der Waals surface area (Å²) in [6, 6.07) is 8.15. The Morgan fingerprint density at radius 3 is 2.37 bits per heavy atom. The van der Waals surface area contributed by atoms with E-state index < -0.39 is 0 Å². The van der Waals surface area contributed by atoms with E-state index in [1.807, 2.05) is 12.1 Å². The van der Waals surface area contributed by atoms with Crippen molar-refractivity contribution in [2.75, 3.05) is 43.4 Å². The van der Waals surface area contributed by atoms with Gasteiger partial charge in [-0.25, -0.2) is 0 Å². The van der Waals surface area contributed by atoms with Crippen LogP contribution in [0.4, 0.5) is 5.69 Å². The lowest BCUT2D eigenvalue weighted by Crippen LogP contribution is -2.48. The van der Waals surface area contributed by atoms with Gasteiger partial charge in [0.05, 0.1) is 10.7 Å². The maximum Gasteiger partial charge on any atom is 0.0639 e. The van der Waals surface area contributed by atoms with Crippen LogP contribution in [0.15, 0.2) is 24.3 Å². The molecule has 1 saturated heterocycles. The smallest absolute Gasteiger partial charge is 0.0639 e. The van der Waals surface area contributed by atoms with E-state index in [1.54, 1.807) is 0 Å². The molecule has 1 aromatic carbocycles. The van der Waals surface area contributed by atoms with Crippen molar-refractivity contribution in [2.45, 2.75) is 12.8 Å². The lowest BCUT2D eigenvalue weighted by atomic mass is 10.1. The molecule has 0 bridgehead atoms. The van der Waals surface area contributed by atoms with Crippen molar-refractivity contribution in [3.8, 4) is 0 Å². The molecule has 0 radical (unpaired) electrons. The van der Waals surface area contributed by atoms with Gasteiger partial charge in [0.15, 0.2) is 0 Å². The van der Waals surface area contributed by atoms with Crippen LogP contribution in [0, 0.1) is 5.41 Å². The summed E-state index contributed by atoms with van der Waals surface area (Å²) < 4.78 is 0. The van der Waals surface area contributed by atoms with Crippen molar-refractivity contribution >= 4 is 29.9 Å². The summed E-state index contributed by atoms with van der Waals surface area (Å²) in [5.74, 6) is 1.04. The first-order chi connectivity index (χ1) is 9.22. The molecule has 0 N–H and O–H groups in total. The van der Waals surface area contributed by atoms with Gasteiger partial charge in [-0.05, 0) is 36.1 Å². The molecule has 0 spiro atoms. The Hall–Kier alpha value is -0.380. The second-order valence-electron chi connectivity index (χ2n) is 5.87. The zero-order valence-electron chi connectivity index (χ0n) is 11.2. The molecule has 0 unspecified atom stereocenters. The minimum Gasteiger partial charge on any atom is -0.368 e. The zero-order chi connectivity index (χ0) is 13.3. The van der Waals surface area contributed by atoms with Crippen molar-refractivity contribution in [1.82, 2.24) is 4.90 Å². The summed E-state index contributed by atoms with van der Waals surface area (Å²) >= 11 is 10.8. The minimum absolute atomic E-state index is 0.537. The fourth-order valence-electron chi connectivity index (χ4n) is 2.87. The number of benzene rings is 1. The summed E-state index contributed by atoms with van der Waals surface area (Å²) in [5, 5.41) is 0.866. The molecule has 0 aromatic heterocycles. The quantitative estimate of drug-likeness (QED) is 0.853. The van der Waals surface area contributed by atoms with Crippen LogP contribution in [0.25, 0.3) is 0 Å². The van der Waals surface area contributed by atoms with Gasteiger partial charge in [0.25, 0.3) is 0 Å². The van der Waals surface area contributed by atoms with Gasteiger partial charge < -0.3 is 4.90 Å². The molecule has 1 saturated carbocycles. The van der Waals surface area contributed by atoms with Crippen molar-refractivity contribution in [3.05, 3.63) is 29.3 Å². The molecule has 2 aliphatic rings. The lowest BCUT2D eigenvalue weighted by molar-refractivity contribution is 0.218. The van der Waals surface area contributed by atoms with E-state index >= 15 is 0 Å². The Bertz CT molecular complexity index is 440. The van der Waals surface area contributed by atoms with E-state index in [0.717, 1.165) is 37.0 Å². The average molecular weight is 297 g/mol. The van der Waals surface area contributed by atoms with Crippen molar-refractivity contribution < 1.29 is 0 Å². The van der Waals surface area contributed by atoms with Gasteiger partial charge in [-0.3, -0.25) is 4.90 Å². The van der Waals surface area contributed by atoms with Crippen LogP contribution in [0.5, 0.6) is 0 Å². The monoisotopic (exact) mass is 296 g/mol. The topological polar surface area (TPSA) is 6.48 Å². The first kappa shape index (κ1) is 13.6. The molecular formula is C15H21ClN2S. The fraction of sp³-hybridized carbons (Fsp3) is 0.600. The SMILES string of the molecule is SCC1(CN2CCN(c3ccccc3Cl)CC2)CC1. The maximum atomic E-state index is 6.27. The Morgan fingerprint density at radius 1 is 1.11 bits per heavy atom. The molecule has 1 aliphatic heterocycles. The van der Waals surface area contributed by atoms with E-state index in [-0.39, 0.29) is 0 Å². The molecule has 3 rings (SSSR count). The van der Waals surface area contributed by atoms with E-state index in [1.165, 1.54) is 25.1 Å². The van der Waals surface area contributed by atoms with Gasteiger partial charge in [-0.15, -0.1) is 0 Å². The van der Waals surface area contributed by atoms with Crippen molar-refractivity contribution in [1.29, 1.82) is 0 Å². The van der Waals surface area contributed by atoms with Gasteiger partial charge in [0.1, 0.15) is 0 Å². The van der Waals surface area contributed by atoms with Crippen LogP contribution in [0.2, 0.25) is 5.02 Å². The number of hydrogen-bond donors (Lipinski definition) is 1. The molecule has 104 valence electrons. The standard InChI is InChI=1S/C15H21ClN2S/c16-13-3-1-2-4-14(13)18-9-7-17(8-10-18)11-15(12-19)5-6-15/h1-4,19H,5-12H2. The van der Waals surface area contributed by atoms with Crippen LogP contribution in [0.3, 0.4) is 0 Å². The van der Waals surface area contributed by atoms with Crippen LogP contribution in [-0.2, 0) is 0 Å². The van der Waals surface area contributed by atoms with Gasteiger partial charge in [0.2, 0.25) is 0 Å². The summed E-state index contributed by atoms with van der Waals surface area (Å²) in [4.78, 5) is 5.00. The van der Waals surface area contributed by atoms with Gasteiger partial charge in [0, 0.05) is 32.7 Å². The highest BCUT2D eigenvalue weighted by Crippen LogP contribution is 2.47. The van der Waals surface area contributed by atoms with E-state index in [9.17, 15) is 0 Å². The maximum absolute atomic E-state index is 6.27. The second kappa shape index (κ2) is 5.55. The molecule has 1 aromatic rings. The molecule has 0 atom stereocenters. The highest BCUT2D eigenvalue weighted by atomic mass is 35.5. The second-order valence-corrected chi connectivity index (χ2v) is 6.60. The largest absolute Gasteiger partial charge is 0.368 e. The highest BCUT2D eigenvalue weighted by molar-refractivity contribution is 7.80. The predicted molar refractivity (Wildman–Crippen MR) is 85.6 cm³/mol. The number of hydrogen-bond acceptors (Lipinski definition) is 3. The Morgan fingerprint density at radius 2 is 1.79 bits per heavy atom. The van der Waals surface area contributed by atoms with E-state index in [4.69, 9.17) is 11.6 Å². The molecule has 2 fully saturated rings. The van der Waals surface area contributed by atoms with Crippen LogP contribution in [-0.4, -0.2) is 43.4 Å². The number of para-hydroxylation sites is 1. The number of nitrogens with zero attached hydrogens (tertiary/aromatic N) is 2. The molecule has 1 heterocycles. The normalized spacial score (nSPS) is 22.5. The molecular weight excluding hydrogens is 276 g/mol. The Balaban J connectivity index is 1.56. The van der Waals surface area contributed by atoms with Crippen molar-refractivity contribution in [2.24, 2.45) is 5.41 Å². The number of thiol groups is 1. The first-order valence-electron chi connectivity index (χ1n) is 7.05. The summed E-state index contributed by atoms with van der Waals surface area (Å²) in [5.41, 5.74) is 1.72. The van der Waals surface area contributed by atoms with Gasteiger partial charge in [-0.2, -0.15) is 12.6 Å². The number of anilines is 1. The summed E-state index contributed by atoms with van der Waals surface area (Å²) in [6.45, 7) is 5.66. The molecule has 19 heavy (non-hydrogen) atoms. The summed E-state index contributed by atoms with van der Waals surface area (Å²) in [7, 11) is 0. The number of piperazine rings is 1. The molecule has 4 heteroatoms. The van der Waals surface area contributed by atoms with Crippen LogP contribution in [0.1, 0.15) is 12.8 Å². The third kappa shape index (κ3) is 3.04. The average Bonchev–Trinajstić information content (AvgIpc) is 3.21. The number of rotatable bonds is 4. The Kier molecular flexibility index (Phi) is 3.97. The Labute approximate surface area is 126 Å². The summed E-state index contributed by atoms with van der Waals surface area (Å²) in [6.07, 6.45) is 2.72. The van der Waals surface area contributed by atoms with Gasteiger partial charge in [-0.1, -0.05) is 23.7 Å². The lowest BCUT2D eigenvalue weighted by Gasteiger charge is -2.38. The van der Waals surface area contributed by atoms with E-state index in [0.29, 0.717) is 5.41 Å².